The second-order valence-corrected chi connectivity index (χ2v) is 5.50. The van der Waals surface area contributed by atoms with Gasteiger partial charge in [0, 0.05) is 12.1 Å². The van der Waals surface area contributed by atoms with Crippen molar-refractivity contribution in [1.82, 2.24) is 5.10 Å². The number of aromatic nitrogens is 2. The highest BCUT2D eigenvalue weighted by molar-refractivity contribution is 5.76. The molecule has 0 aliphatic rings. The Hall–Kier alpha value is -3.35. The van der Waals surface area contributed by atoms with Crippen LogP contribution < -0.4 is 14.3 Å². The van der Waals surface area contributed by atoms with Gasteiger partial charge in [0.05, 0.1) is 17.1 Å². The monoisotopic (exact) mass is 354 g/mol. The number of rotatable bonds is 6. The van der Waals surface area contributed by atoms with E-state index in [1.807, 2.05) is 12.1 Å². The molecular weight excluding hydrogens is 336 g/mol. The first-order valence-corrected chi connectivity index (χ1v) is 8.17. The fourth-order valence-corrected chi connectivity index (χ4v) is 2.36. The molecule has 2 aromatic carbocycles. The highest BCUT2D eigenvalue weighted by Gasteiger charge is 2.16. The van der Waals surface area contributed by atoms with Crippen molar-refractivity contribution in [2.75, 3.05) is 6.61 Å². The smallest absolute Gasteiger partial charge is 0.347 e. The maximum absolute atomic E-state index is 11.9. The Morgan fingerprint density at radius 1 is 1.15 bits per heavy atom. The molecule has 7 heteroatoms. The summed E-state index contributed by atoms with van der Waals surface area (Å²) >= 11 is 0. The van der Waals surface area contributed by atoms with E-state index in [4.69, 9.17) is 14.2 Å². The molecule has 1 aromatic heterocycles. The molecule has 0 spiro atoms. The average molecular weight is 354 g/mol. The Bertz CT molecular complexity index is 911. The third kappa shape index (κ3) is 4.00. The van der Waals surface area contributed by atoms with Crippen LogP contribution in [0.1, 0.15) is 13.8 Å². The van der Waals surface area contributed by atoms with Crippen molar-refractivity contribution in [2.45, 2.75) is 20.0 Å². The van der Waals surface area contributed by atoms with Gasteiger partial charge in [-0.2, -0.15) is 0 Å². The molecule has 0 saturated heterocycles. The van der Waals surface area contributed by atoms with Gasteiger partial charge in [-0.15, -0.1) is 0 Å². The molecule has 0 saturated carbocycles. The summed E-state index contributed by atoms with van der Waals surface area (Å²) in [5, 5.41) is 16.5. The van der Waals surface area contributed by atoms with Gasteiger partial charge in [0.2, 0.25) is 0 Å². The number of hydrogen-bond donors (Lipinski definition) is 0. The fraction of sp³-hybridized carbons (Fsp3) is 0.211. The van der Waals surface area contributed by atoms with Gasteiger partial charge in [-0.25, -0.2) is 4.79 Å². The average Bonchev–Trinajstić information content (AvgIpc) is 2.63. The normalized spacial score (nSPS) is 11.8. The van der Waals surface area contributed by atoms with Gasteiger partial charge >= 0.3 is 5.97 Å². The summed E-state index contributed by atoms with van der Waals surface area (Å²) in [5.41, 5.74) is 0.469. The molecule has 0 fully saturated rings. The number of ether oxygens (including phenoxy) is 3. The molecule has 0 N–H and O–H groups in total. The lowest BCUT2D eigenvalue weighted by Gasteiger charge is -2.13. The van der Waals surface area contributed by atoms with Gasteiger partial charge in [0.25, 0.3) is 11.4 Å². The quantitative estimate of drug-likeness (QED) is 0.384. The van der Waals surface area contributed by atoms with E-state index in [9.17, 15) is 10.0 Å². The molecule has 3 rings (SSSR count). The molecule has 0 aliphatic carbocycles. The molecule has 0 bridgehead atoms. The van der Waals surface area contributed by atoms with Gasteiger partial charge < -0.3 is 19.4 Å². The molecule has 134 valence electrons. The van der Waals surface area contributed by atoms with Crippen LogP contribution in [0, 0.1) is 5.21 Å². The van der Waals surface area contributed by atoms with Crippen LogP contribution in [0.15, 0.2) is 54.6 Å². The summed E-state index contributed by atoms with van der Waals surface area (Å²) in [7, 11) is 0. The van der Waals surface area contributed by atoms with Crippen molar-refractivity contribution in [3.05, 3.63) is 59.8 Å². The Morgan fingerprint density at radius 2 is 1.85 bits per heavy atom. The summed E-state index contributed by atoms with van der Waals surface area (Å²) < 4.78 is 16.0. The fourth-order valence-electron chi connectivity index (χ4n) is 2.36. The third-order valence-electron chi connectivity index (χ3n) is 3.59. The van der Waals surface area contributed by atoms with Crippen molar-refractivity contribution >= 4 is 16.9 Å². The summed E-state index contributed by atoms with van der Waals surface area (Å²) in [6, 6.07) is 15.5. The summed E-state index contributed by atoms with van der Waals surface area (Å²) in [5.74, 6) is 0.757. The number of carbonyl (C=O) groups is 1. The van der Waals surface area contributed by atoms with Crippen molar-refractivity contribution in [3.8, 4) is 17.4 Å². The first kappa shape index (κ1) is 17.5. The van der Waals surface area contributed by atoms with Crippen LogP contribution in [0.5, 0.6) is 17.4 Å². The molecular formula is C19H18N2O5. The summed E-state index contributed by atoms with van der Waals surface area (Å²) in [6.07, 6.45) is -0.705. The minimum Gasteiger partial charge on any atom is -0.594 e. The molecule has 1 atom stereocenters. The van der Waals surface area contributed by atoms with Crippen LogP contribution in [0.3, 0.4) is 0 Å². The number of fused-ring (bicyclic) bond motifs is 1. The van der Waals surface area contributed by atoms with E-state index in [0.717, 1.165) is 5.39 Å². The Kier molecular flexibility index (Phi) is 5.17. The van der Waals surface area contributed by atoms with E-state index in [1.54, 1.807) is 56.3 Å². The molecule has 1 heterocycles. The van der Waals surface area contributed by atoms with E-state index in [1.165, 1.54) is 0 Å². The molecule has 0 aliphatic heterocycles. The van der Waals surface area contributed by atoms with Crippen molar-refractivity contribution in [1.29, 1.82) is 0 Å². The second kappa shape index (κ2) is 7.69. The predicted octanol–water partition coefficient (Wildman–Crippen LogP) is 2.99. The standard InChI is InChI=1S/C19H18N2O5/c1-3-24-19(22)13(2)25-15-8-10-16(11-9-15)26-18-12-14-6-4-5-7-17(14)21(23)20-18/h4-13H,3H2,1-2H3. The Labute approximate surface area is 150 Å². The van der Waals surface area contributed by atoms with Crippen LogP contribution in [0.25, 0.3) is 10.9 Å². The van der Waals surface area contributed by atoms with E-state index in [2.05, 4.69) is 5.10 Å². The maximum Gasteiger partial charge on any atom is 0.347 e. The van der Waals surface area contributed by atoms with Crippen molar-refractivity contribution in [2.24, 2.45) is 0 Å². The number of carbonyl (C=O) groups excluding carboxylic acids is 1. The first-order chi connectivity index (χ1) is 12.6. The van der Waals surface area contributed by atoms with Gasteiger partial charge in [0.15, 0.2) is 6.10 Å². The Balaban J connectivity index is 1.70. The van der Waals surface area contributed by atoms with Crippen LogP contribution in [-0.4, -0.2) is 23.8 Å². The topological polar surface area (TPSA) is 84.6 Å². The lowest BCUT2D eigenvalue weighted by Crippen LogP contribution is -2.31. The van der Waals surface area contributed by atoms with Gasteiger partial charge in [-0.1, -0.05) is 12.1 Å². The number of hydrogen-bond acceptors (Lipinski definition) is 6. The third-order valence-corrected chi connectivity index (χ3v) is 3.59. The SMILES string of the molecule is CCOC(=O)C(C)Oc1ccc(Oc2cc3ccccc3[n+]([O-])n2)cc1. The summed E-state index contributed by atoms with van der Waals surface area (Å²) in [4.78, 5) is 12.1. The van der Waals surface area contributed by atoms with E-state index >= 15 is 0 Å². The lowest BCUT2D eigenvalue weighted by molar-refractivity contribution is -0.643. The molecule has 1 unspecified atom stereocenters. The summed E-state index contributed by atoms with van der Waals surface area (Å²) in [6.45, 7) is 3.66. The number of nitrogens with zero attached hydrogens (tertiary/aromatic N) is 2. The van der Waals surface area contributed by atoms with Crippen LogP contribution in [0.4, 0.5) is 0 Å². The van der Waals surface area contributed by atoms with Crippen molar-refractivity contribution < 1.29 is 23.9 Å². The maximum atomic E-state index is 11.9. The van der Waals surface area contributed by atoms with Gasteiger partial charge in [-0.05, 0) is 49.0 Å². The molecule has 7 nitrogen and oxygen atoms in total. The predicted molar refractivity (Wildman–Crippen MR) is 93.9 cm³/mol. The first-order valence-electron chi connectivity index (χ1n) is 8.17. The van der Waals surface area contributed by atoms with Crippen LogP contribution >= 0.6 is 0 Å². The minimum absolute atomic E-state index is 0.187. The van der Waals surface area contributed by atoms with Gasteiger partial charge in [-0.3, -0.25) is 0 Å². The minimum atomic E-state index is -0.705. The van der Waals surface area contributed by atoms with Gasteiger partial charge in [0.1, 0.15) is 11.5 Å². The zero-order valence-electron chi connectivity index (χ0n) is 14.4. The molecule has 0 radical (unpaired) electrons. The van der Waals surface area contributed by atoms with Crippen LogP contribution in [-0.2, 0) is 9.53 Å². The van der Waals surface area contributed by atoms with Crippen molar-refractivity contribution in [3.63, 3.8) is 0 Å². The largest absolute Gasteiger partial charge is 0.594 e. The molecule has 3 aromatic rings. The zero-order chi connectivity index (χ0) is 18.5. The lowest BCUT2D eigenvalue weighted by atomic mass is 10.2. The molecule has 0 amide bonds. The van der Waals surface area contributed by atoms with E-state index in [-0.39, 0.29) is 5.88 Å². The van der Waals surface area contributed by atoms with E-state index in [0.29, 0.717) is 28.5 Å². The highest BCUT2D eigenvalue weighted by Crippen LogP contribution is 2.24. The number of esters is 1. The Morgan fingerprint density at radius 3 is 2.58 bits per heavy atom. The van der Waals surface area contributed by atoms with E-state index < -0.39 is 12.1 Å². The van der Waals surface area contributed by atoms with Crippen LogP contribution in [0.2, 0.25) is 0 Å². The highest BCUT2D eigenvalue weighted by atomic mass is 16.6. The second-order valence-electron chi connectivity index (χ2n) is 5.50. The number of benzene rings is 2. The molecule has 26 heavy (non-hydrogen) atoms. The zero-order valence-corrected chi connectivity index (χ0v) is 14.4. The number of para-hydroxylation sites is 1.